The third-order valence-corrected chi connectivity index (χ3v) is 1.50. The number of hydrogen-bond donors (Lipinski definition) is 0. The minimum atomic E-state index is 0. The predicted molar refractivity (Wildman–Crippen MR) is 34.1 cm³/mol. The normalized spacial score (nSPS) is 9.00. The van der Waals surface area contributed by atoms with Crippen LogP contribution in [-0.2, 0) is 26.2 Å². The molecule has 0 fully saturated rings. The Hall–Kier alpha value is 0.883. The van der Waals surface area contributed by atoms with Crippen LogP contribution in [0.5, 0.6) is 0 Å². The molecule has 0 saturated carbocycles. The number of hydrogen-bond acceptors (Lipinski definition) is 0. The molecule has 0 aromatic carbocycles. The van der Waals surface area contributed by atoms with E-state index in [1.807, 2.05) is 0 Å². The largest absolute Gasteiger partial charge is 0.314 e. The zero-order valence-electron chi connectivity index (χ0n) is 6.12. The van der Waals surface area contributed by atoms with Crippen LogP contribution in [0.2, 0.25) is 0 Å². The Morgan fingerprint density at radius 2 is 1.12 bits per heavy atom. The van der Waals surface area contributed by atoms with E-state index in [0.29, 0.717) is 0 Å². The zero-order valence-corrected chi connectivity index (χ0v) is 8.58. The summed E-state index contributed by atoms with van der Waals surface area (Å²) in [7, 11) is 0. The van der Waals surface area contributed by atoms with Crippen molar-refractivity contribution in [3.8, 4) is 0 Å². The summed E-state index contributed by atoms with van der Waals surface area (Å²) in [5.74, 6) is 1.68. The fraction of sp³-hybridized carbons (Fsp3) is 0.857. The molecule has 0 N–H and O–H groups in total. The first-order chi connectivity index (χ1) is 3.35. The van der Waals surface area contributed by atoms with Crippen molar-refractivity contribution >= 4 is 0 Å². The molecular weight excluding hydrogens is 175 g/mol. The van der Waals surface area contributed by atoms with Crippen LogP contribution in [0.3, 0.4) is 0 Å². The second kappa shape index (κ2) is 7.88. The summed E-state index contributed by atoms with van der Waals surface area (Å²) in [6.45, 7) is 6.67. The van der Waals surface area contributed by atoms with Crippen LogP contribution in [0.15, 0.2) is 0 Å². The fourth-order valence-electron chi connectivity index (χ4n) is 0.750. The van der Waals surface area contributed by atoms with Gasteiger partial charge < -0.3 is 5.92 Å². The van der Waals surface area contributed by atoms with Crippen molar-refractivity contribution < 1.29 is 26.2 Å². The van der Waals surface area contributed by atoms with Gasteiger partial charge in [-0.1, -0.05) is 20.8 Å². The summed E-state index contributed by atoms with van der Waals surface area (Å²) in [5, 5.41) is 0. The quantitative estimate of drug-likeness (QED) is 0.600. The van der Waals surface area contributed by atoms with E-state index in [1.54, 1.807) is 5.92 Å². The molecule has 0 spiro atoms. The summed E-state index contributed by atoms with van der Waals surface area (Å²) in [6, 6.07) is 0. The molecule has 0 atom stereocenters. The predicted octanol–water partition coefficient (Wildman–Crippen LogP) is 2.79. The van der Waals surface area contributed by atoms with Gasteiger partial charge in [-0.25, -0.2) is 0 Å². The fourth-order valence-corrected chi connectivity index (χ4v) is 0.750. The molecule has 0 radical (unpaired) electrons. The maximum Gasteiger partial charge on any atom is 0 e. The average Bonchev–Trinajstić information content (AvgIpc) is 1.72. The third-order valence-electron chi connectivity index (χ3n) is 1.50. The van der Waals surface area contributed by atoms with Gasteiger partial charge in [0.2, 0.25) is 0 Å². The van der Waals surface area contributed by atoms with Crippen molar-refractivity contribution in [2.24, 2.45) is 0 Å². The summed E-state index contributed by atoms with van der Waals surface area (Å²) in [6.07, 6.45) is 3.81. The topological polar surface area (TPSA) is 0 Å². The Labute approximate surface area is 72.2 Å². The van der Waals surface area contributed by atoms with Crippen molar-refractivity contribution in [2.75, 3.05) is 0 Å². The van der Waals surface area contributed by atoms with Crippen molar-refractivity contribution in [2.45, 2.75) is 40.0 Å². The molecule has 48 valence electrons. The summed E-state index contributed by atoms with van der Waals surface area (Å²) in [5.41, 5.74) is 0. The molecule has 0 nitrogen and oxygen atoms in total. The van der Waals surface area contributed by atoms with Crippen LogP contribution in [0.4, 0.5) is 0 Å². The van der Waals surface area contributed by atoms with Crippen LogP contribution in [0.25, 0.3) is 0 Å². The first kappa shape index (κ1) is 11.7. The molecule has 0 bridgehead atoms. The molecule has 0 aromatic rings. The molecule has 0 unspecified atom stereocenters. The Kier molecular flexibility index (Phi) is 11.5. The number of rotatable bonds is 3. The van der Waals surface area contributed by atoms with E-state index in [0.717, 1.165) is 0 Å². The Morgan fingerprint density at radius 1 is 0.875 bits per heavy atom. The Bertz CT molecular complexity index is 25.9. The van der Waals surface area contributed by atoms with Gasteiger partial charge in [0.15, 0.2) is 0 Å². The molecule has 0 rings (SSSR count). The average molecular weight is 190 g/mol. The maximum absolute atomic E-state index is 2.22. The second-order valence-electron chi connectivity index (χ2n) is 1.81. The van der Waals surface area contributed by atoms with Gasteiger partial charge in [-0.05, 0) is 0 Å². The molecule has 8 heavy (non-hydrogen) atoms. The SMILES string of the molecule is CC[C-](CC)CC.[Zr]. The first-order valence-electron chi connectivity index (χ1n) is 3.18. The van der Waals surface area contributed by atoms with Crippen molar-refractivity contribution in [1.29, 1.82) is 0 Å². The van der Waals surface area contributed by atoms with Gasteiger partial charge >= 0.3 is 0 Å². The van der Waals surface area contributed by atoms with Gasteiger partial charge in [-0.15, -0.1) is 0 Å². The summed E-state index contributed by atoms with van der Waals surface area (Å²) < 4.78 is 0. The molecule has 0 amide bonds. The molecular formula is C7H15Zr-. The standard InChI is InChI=1S/C7H15.Zr/c1-4-7(5-2)6-3;/h4-6H2,1-3H3;/q-1;. The second-order valence-corrected chi connectivity index (χ2v) is 1.81. The zero-order chi connectivity index (χ0) is 5.70. The van der Waals surface area contributed by atoms with E-state index < -0.39 is 0 Å². The molecule has 0 aliphatic rings. The van der Waals surface area contributed by atoms with Crippen LogP contribution in [0.1, 0.15) is 40.0 Å². The van der Waals surface area contributed by atoms with Gasteiger partial charge in [0, 0.05) is 26.2 Å². The molecule has 0 aromatic heterocycles. The van der Waals surface area contributed by atoms with Crippen LogP contribution < -0.4 is 0 Å². The van der Waals surface area contributed by atoms with Gasteiger partial charge in [0.1, 0.15) is 0 Å². The van der Waals surface area contributed by atoms with Gasteiger partial charge in [0.05, 0.1) is 0 Å². The van der Waals surface area contributed by atoms with E-state index in [2.05, 4.69) is 20.8 Å². The molecule has 0 heterocycles. The van der Waals surface area contributed by atoms with Crippen molar-refractivity contribution in [3.05, 3.63) is 5.92 Å². The minimum Gasteiger partial charge on any atom is -0.314 e. The van der Waals surface area contributed by atoms with Crippen LogP contribution in [0, 0.1) is 5.92 Å². The van der Waals surface area contributed by atoms with E-state index in [4.69, 9.17) is 0 Å². The van der Waals surface area contributed by atoms with Crippen LogP contribution >= 0.6 is 0 Å². The Morgan fingerprint density at radius 3 is 1.12 bits per heavy atom. The van der Waals surface area contributed by atoms with Crippen molar-refractivity contribution in [3.63, 3.8) is 0 Å². The van der Waals surface area contributed by atoms with Crippen LogP contribution in [-0.4, -0.2) is 0 Å². The van der Waals surface area contributed by atoms with Gasteiger partial charge in [-0.3, -0.25) is 0 Å². The summed E-state index contributed by atoms with van der Waals surface area (Å²) >= 11 is 0. The molecule has 0 saturated heterocycles. The smallest absolute Gasteiger partial charge is 0 e. The Balaban J connectivity index is 0. The third kappa shape index (κ3) is 5.03. The van der Waals surface area contributed by atoms with E-state index in [9.17, 15) is 0 Å². The molecule has 1 heteroatoms. The van der Waals surface area contributed by atoms with E-state index in [-0.39, 0.29) is 26.2 Å². The minimum absolute atomic E-state index is 0. The van der Waals surface area contributed by atoms with E-state index >= 15 is 0 Å². The van der Waals surface area contributed by atoms with Crippen molar-refractivity contribution in [1.82, 2.24) is 0 Å². The van der Waals surface area contributed by atoms with E-state index in [1.165, 1.54) is 19.3 Å². The molecule has 0 aliphatic heterocycles. The maximum atomic E-state index is 2.22. The van der Waals surface area contributed by atoms with Gasteiger partial charge in [0.25, 0.3) is 0 Å². The van der Waals surface area contributed by atoms with Gasteiger partial charge in [-0.2, -0.15) is 19.3 Å². The monoisotopic (exact) mass is 189 g/mol. The summed E-state index contributed by atoms with van der Waals surface area (Å²) in [4.78, 5) is 0. The molecule has 0 aliphatic carbocycles. The first-order valence-corrected chi connectivity index (χ1v) is 3.18.